The fourth-order valence-corrected chi connectivity index (χ4v) is 4.05. The molecule has 1 aliphatic carbocycles. The van der Waals surface area contributed by atoms with Crippen LogP contribution in [0.4, 0.5) is 0 Å². The molecule has 0 bridgehead atoms. The van der Waals surface area contributed by atoms with E-state index in [9.17, 15) is 4.79 Å². The van der Waals surface area contributed by atoms with E-state index in [2.05, 4.69) is 34.1 Å². The van der Waals surface area contributed by atoms with E-state index in [1.54, 1.807) is 43.0 Å². The lowest BCUT2D eigenvalue weighted by molar-refractivity contribution is -0.124. The summed E-state index contributed by atoms with van der Waals surface area (Å²) in [6.07, 6.45) is 8.17. The fourth-order valence-electron chi connectivity index (χ4n) is 4.05. The Hall–Kier alpha value is -3.75. The minimum Gasteiger partial charge on any atom is -0.493 e. The van der Waals surface area contributed by atoms with Crippen molar-refractivity contribution >= 4 is 5.91 Å². The number of carbonyl (C=O) groups excluding carboxylic acids is 1. The first-order valence-corrected chi connectivity index (χ1v) is 10.7. The lowest BCUT2D eigenvalue weighted by Gasteiger charge is -2.36. The highest BCUT2D eigenvalue weighted by Crippen LogP contribution is 2.40. The molecule has 0 saturated heterocycles. The molecule has 0 aliphatic heterocycles. The molecule has 2 aromatic heterocycles. The van der Waals surface area contributed by atoms with Crippen LogP contribution < -0.4 is 19.5 Å². The van der Waals surface area contributed by atoms with E-state index >= 15 is 0 Å². The molecule has 1 aliphatic rings. The number of para-hydroxylation sites is 1. The molecule has 0 spiro atoms. The first-order valence-electron chi connectivity index (χ1n) is 10.7. The number of nitrogens with zero attached hydrogens (tertiary/aromatic N) is 4. The Labute approximate surface area is 192 Å². The van der Waals surface area contributed by atoms with Gasteiger partial charge in [-0.3, -0.25) is 9.78 Å². The second kappa shape index (κ2) is 9.40. The molecule has 3 aromatic rings. The Kier molecular flexibility index (Phi) is 6.39. The Morgan fingerprint density at radius 2 is 1.88 bits per heavy atom. The summed E-state index contributed by atoms with van der Waals surface area (Å²) < 4.78 is 16.4. The Bertz CT molecular complexity index is 1110. The summed E-state index contributed by atoms with van der Waals surface area (Å²) in [5.41, 5.74) is 2.37. The molecule has 2 heterocycles. The van der Waals surface area contributed by atoms with Crippen molar-refractivity contribution in [2.45, 2.75) is 32.7 Å². The molecular weight excluding hydrogens is 422 g/mol. The third kappa shape index (κ3) is 5.02. The maximum Gasteiger partial charge on any atom is 0.258 e. The zero-order valence-electron chi connectivity index (χ0n) is 19.2. The lowest BCUT2D eigenvalue weighted by atomic mass is 9.74. The van der Waals surface area contributed by atoms with Gasteiger partial charge < -0.3 is 19.5 Å². The summed E-state index contributed by atoms with van der Waals surface area (Å²) >= 11 is 0. The normalized spacial score (nSPS) is 16.4. The summed E-state index contributed by atoms with van der Waals surface area (Å²) in [6.45, 7) is 4.15. The SMILES string of the molecule is COc1cccc(OC)c1OCC(=O)N[C@H]1CC(C)(C)Cc2nc(-c3cnccn3)ncc21. The van der Waals surface area contributed by atoms with Crippen LogP contribution in [0.25, 0.3) is 11.5 Å². The lowest BCUT2D eigenvalue weighted by Crippen LogP contribution is -2.39. The van der Waals surface area contributed by atoms with E-state index in [0.29, 0.717) is 28.8 Å². The molecule has 0 radical (unpaired) electrons. The van der Waals surface area contributed by atoms with Crippen molar-refractivity contribution in [3.05, 3.63) is 54.2 Å². The number of methoxy groups -OCH3 is 2. The van der Waals surface area contributed by atoms with Gasteiger partial charge >= 0.3 is 0 Å². The third-order valence-corrected chi connectivity index (χ3v) is 5.54. The zero-order chi connectivity index (χ0) is 23.4. The van der Waals surface area contributed by atoms with Crippen LogP contribution in [0, 0.1) is 5.41 Å². The molecule has 9 heteroatoms. The minimum atomic E-state index is -0.255. The fraction of sp³-hybridized carbons (Fsp3) is 0.375. The number of hydrogen-bond donors (Lipinski definition) is 1. The Morgan fingerprint density at radius 3 is 2.55 bits per heavy atom. The average Bonchev–Trinajstić information content (AvgIpc) is 2.81. The third-order valence-electron chi connectivity index (χ3n) is 5.54. The molecular formula is C24H27N5O4. The number of carbonyl (C=O) groups is 1. The van der Waals surface area contributed by atoms with Crippen molar-refractivity contribution < 1.29 is 19.0 Å². The number of fused-ring (bicyclic) bond motifs is 1. The van der Waals surface area contributed by atoms with Gasteiger partial charge in [0, 0.05) is 24.2 Å². The number of nitrogens with one attached hydrogen (secondary N) is 1. The molecule has 9 nitrogen and oxygen atoms in total. The van der Waals surface area contributed by atoms with Gasteiger partial charge in [0.1, 0.15) is 5.69 Å². The van der Waals surface area contributed by atoms with Crippen molar-refractivity contribution in [2.24, 2.45) is 5.41 Å². The molecule has 1 aromatic carbocycles. The average molecular weight is 450 g/mol. The highest BCUT2D eigenvalue weighted by Gasteiger charge is 2.34. The highest BCUT2D eigenvalue weighted by atomic mass is 16.5. The predicted octanol–water partition coefficient (Wildman–Crippen LogP) is 3.16. The van der Waals surface area contributed by atoms with Crippen LogP contribution in [0.15, 0.2) is 43.0 Å². The van der Waals surface area contributed by atoms with Crippen LogP contribution in [-0.4, -0.2) is 46.7 Å². The van der Waals surface area contributed by atoms with Crippen LogP contribution in [0.1, 0.15) is 37.6 Å². The van der Waals surface area contributed by atoms with Crippen molar-refractivity contribution in [1.82, 2.24) is 25.3 Å². The van der Waals surface area contributed by atoms with Gasteiger partial charge in [-0.15, -0.1) is 0 Å². The number of ether oxygens (including phenoxy) is 3. The second-order valence-electron chi connectivity index (χ2n) is 8.63. The topological polar surface area (TPSA) is 108 Å². The summed E-state index contributed by atoms with van der Waals surface area (Å²) in [6, 6.07) is 5.07. The largest absolute Gasteiger partial charge is 0.493 e. The maximum absolute atomic E-state index is 12.8. The summed E-state index contributed by atoms with van der Waals surface area (Å²) in [5, 5.41) is 3.08. The van der Waals surface area contributed by atoms with Crippen molar-refractivity contribution in [1.29, 1.82) is 0 Å². The number of rotatable bonds is 7. The van der Waals surface area contributed by atoms with E-state index in [1.807, 2.05) is 0 Å². The van der Waals surface area contributed by atoms with Crippen molar-refractivity contribution in [3.63, 3.8) is 0 Å². The van der Waals surface area contributed by atoms with Crippen LogP contribution >= 0.6 is 0 Å². The number of aromatic nitrogens is 4. The Morgan fingerprint density at radius 1 is 1.12 bits per heavy atom. The van der Waals surface area contributed by atoms with Crippen LogP contribution in [-0.2, 0) is 11.2 Å². The summed E-state index contributed by atoms with van der Waals surface area (Å²) in [7, 11) is 3.08. The molecule has 0 unspecified atom stereocenters. The molecule has 172 valence electrons. The maximum atomic E-state index is 12.8. The van der Waals surface area contributed by atoms with Gasteiger partial charge in [-0.1, -0.05) is 19.9 Å². The molecule has 1 amide bonds. The molecule has 1 atom stereocenters. The van der Waals surface area contributed by atoms with Crippen molar-refractivity contribution in [3.8, 4) is 28.8 Å². The first kappa shape index (κ1) is 22.4. The van der Waals surface area contributed by atoms with Gasteiger partial charge in [0.15, 0.2) is 23.9 Å². The van der Waals surface area contributed by atoms with E-state index in [4.69, 9.17) is 19.2 Å². The van der Waals surface area contributed by atoms with Gasteiger partial charge in [-0.05, 0) is 30.4 Å². The Balaban J connectivity index is 1.51. The van der Waals surface area contributed by atoms with E-state index in [1.165, 1.54) is 14.2 Å². The van der Waals surface area contributed by atoms with Gasteiger partial charge in [0.2, 0.25) is 5.75 Å². The van der Waals surface area contributed by atoms with E-state index in [0.717, 1.165) is 24.1 Å². The van der Waals surface area contributed by atoms with Gasteiger partial charge in [-0.2, -0.15) is 0 Å². The molecule has 4 rings (SSSR count). The van der Waals surface area contributed by atoms with Gasteiger partial charge in [-0.25, -0.2) is 15.0 Å². The van der Waals surface area contributed by atoms with Crippen molar-refractivity contribution in [2.75, 3.05) is 20.8 Å². The molecule has 0 fully saturated rings. The summed E-state index contributed by atoms with van der Waals surface area (Å²) in [5.74, 6) is 1.65. The zero-order valence-corrected chi connectivity index (χ0v) is 19.2. The van der Waals surface area contributed by atoms with Gasteiger partial charge in [0.05, 0.1) is 32.2 Å². The number of benzene rings is 1. The van der Waals surface area contributed by atoms with Crippen LogP contribution in [0.5, 0.6) is 17.2 Å². The molecule has 0 saturated carbocycles. The number of amides is 1. The smallest absolute Gasteiger partial charge is 0.258 e. The number of hydrogen-bond acceptors (Lipinski definition) is 8. The van der Waals surface area contributed by atoms with E-state index < -0.39 is 0 Å². The van der Waals surface area contributed by atoms with E-state index in [-0.39, 0.29) is 24.0 Å². The molecule has 1 N–H and O–H groups in total. The van der Waals surface area contributed by atoms with Crippen LogP contribution in [0.3, 0.4) is 0 Å². The van der Waals surface area contributed by atoms with Gasteiger partial charge in [0.25, 0.3) is 5.91 Å². The quantitative estimate of drug-likeness (QED) is 0.586. The monoisotopic (exact) mass is 449 g/mol. The minimum absolute atomic E-state index is 0.0499. The van der Waals surface area contributed by atoms with Crippen LogP contribution in [0.2, 0.25) is 0 Å². The predicted molar refractivity (Wildman–Crippen MR) is 121 cm³/mol. The second-order valence-corrected chi connectivity index (χ2v) is 8.63. The highest BCUT2D eigenvalue weighted by molar-refractivity contribution is 5.78. The molecule has 33 heavy (non-hydrogen) atoms. The summed E-state index contributed by atoms with van der Waals surface area (Å²) in [4.78, 5) is 30.4. The standard InChI is InChI=1S/C24H27N5O4/c1-24(2)10-16(15-12-27-23(29-17(15)11-24)18-13-25-8-9-26-18)28-21(30)14-33-22-19(31-3)6-5-7-20(22)32-4/h5-9,12-13,16H,10-11,14H2,1-4H3,(H,28,30)/t16-/m0/s1. The first-order chi connectivity index (χ1) is 15.9.